The van der Waals surface area contributed by atoms with Crippen molar-refractivity contribution in [2.75, 3.05) is 7.11 Å². The highest BCUT2D eigenvalue weighted by Crippen LogP contribution is 2.29. The van der Waals surface area contributed by atoms with Gasteiger partial charge in [-0.2, -0.15) is 0 Å². The maximum absolute atomic E-state index is 12.7. The number of benzene rings is 1. The number of hydrogen-bond acceptors (Lipinski definition) is 5. The molecule has 8 heteroatoms. The maximum Gasteiger partial charge on any atom is 0.261 e. The average Bonchev–Trinajstić information content (AvgIpc) is 3.09. The summed E-state index contributed by atoms with van der Waals surface area (Å²) < 4.78 is 10.7. The minimum atomic E-state index is -0.787. The van der Waals surface area contributed by atoms with Crippen LogP contribution >= 0.6 is 0 Å². The van der Waals surface area contributed by atoms with Crippen LogP contribution in [-0.2, 0) is 17.6 Å². The Bertz CT molecular complexity index is 1160. The minimum absolute atomic E-state index is 0.0975. The van der Waals surface area contributed by atoms with E-state index in [1.165, 1.54) is 6.07 Å². The van der Waals surface area contributed by atoms with Crippen molar-refractivity contribution < 1.29 is 18.7 Å². The summed E-state index contributed by atoms with van der Waals surface area (Å²) in [5, 5.41) is 3.86. The largest absolute Gasteiger partial charge is 0.497 e. The Morgan fingerprint density at radius 2 is 2.17 bits per heavy atom. The van der Waals surface area contributed by atoms with E-state index in [1.54, 1.807) is 19.4 Å². The van der Waals surface area contributed by atoms with Gasteiger partial charge in [-0.05, 0) is 43.0 Å². The fourth-order valence-corrected chi connectivity index (χ4v) is 3.82. The molecule has 0 fully saturated rings. The van der Waals surface area contributed by atoms with Crippen LogP contribution < -0.4 is 21.3 Å². The molecule has 0 saturated carbocycles. The van der Waals surface area contributed by atoms with Crippen LogP contribution in [0.4, 0.5) is 0 Å². The van der Waals surface area contributed by atoms with Crippen LogP contribution in [0.25, 0.3) is 11.0 Å². The van der Waals surface area contributed by atoms with E-state index in [-0.39, 0.29) is 23.9 Å². The quantitative estimate of drug-likeness (QED) is 0.609. The van der Waals surface area contributed by atoms with Crippen molar-refractivity contribution in [1.29, 1.82) is 0 Å². The Kier molecular flexibility index (Phi) is 4.84. The van der Waals surface area contributed by atoms with Crippen LogP contribution in [0.3, 0.4) is 0 Å². The first-order valence-corrected chi connectivity index (χ1v) is 9.35. The summed E-state index contributed by atoms with van der Waals surface area (Å²) in [5.41, 5.74) is 7.59. The molecule has 0 spiro atoms. The molecule has 4 rings (SSSR count). The highest BCUT2D eigenvalue weighted by Gasteiger charge is 2.25. The van der Waals surface area contributed by atoms with Gasteiger partial charge in [0.05, 0.1) is 25.8 Å². The molecule has 4 N–H and O–H groups in total. The molecule has 1 unspecified atom stereocenters. The second kappa shape index (κ2) is 7.46. The van der Waals surface area contributed by atoms with Gasteiger partial charge in [0.2, 0.25) is 5.91 Å². The van der Waals surface area contributed by atoms with E-state index in [9.17, 15) is 14.4 Å². The zero-order valence-electron chi connectivity index (χ0n) is 15.9. The van der Waals surface area contributed by atoms with Crippen molar-refractivity contribution in [3.8, 4) is 5.75 Å². The number of pyridine rings is 1. The molecule has 8 nitrogen and oxygen atoms in total. The van der Waals surface area contributed by atoms with Crippen LogP contribution in [0, 0.1) is 0 Å². The summed E-state index contributed by atoms with van der Waals surface area (Å²) in [6.07, 6.45) is 3.94. The zero-order valence-corrected chi connectivity index (χ0v) is 15.9. The minimum Gasteiger partial charge on any atom is -0.497 e. The summed E-state index contributed by atoms with van der Waals surface area (Å²) in [6, 6.07) is 6.66. The van der Waals surface area contributed by atoms with Crippen LogP contribution in [0.15, 0.2) is 39.7 Å². The first-order chi connectivity index (χ1) is 14.0. The normalized spacial score (nSPS) is 15.7. The predicted molar refractivity (Wildman–Crippen MR) is 106 cm³/mol. The molecule has 1 aliphatic carbocycles. The van der Waals surface area contributed by atoms with E-state index in [2.05, 4.69) is 10.3 Å². The molecule has 2 heterocycles. The number of H-pyrrole nitrogens is 1. The molecule has 1 atom stereocenters. The standard InChI is InChI=1S/C21H21N3O5/c1-28-12-5-6-13-11(10-29-18(13)8-12)7-19(25)23-16-3-2-4-17-14(16)9-15(20(22)26)21(27)24-17/h5-6,8-10,16H,2-4,7H2,1H3,(H2,22,26)(H,23,25)(H,24,27). The summed E-state index contributed by atoms with van der Waals surface area (Å²) in [5.74, 6) is -0.279. The van der Waals surface area contributed by atoms with Crippen molar-refractivity contribution in [1.82, 2.24) is 10.3 Å². The molecule has 0 aliphatic heterocycles. The lowest BCUT2D eigenvalue weighted by Gasteiger charge is -2.26. The third-order valence-corrected chi connectivity index (χ3v) is 5.27. The van der Waals surface area contributed by atoms with Gasteiger partial charge in [-0.15, -0.1) is 0 Å². The molecule has 0 saturated heterocycles. The van der Waals surface area contributed by atoms with Crippen LogP contribution in [0.5, 0.6) is 5.75 Å². The number of nitrogens with two attached hydrogens (primary N) is 1. The number of rotatable bonds is 5. The second-order valence-corrected chi connectivity index (χ2v) is 7.12. The molecule has 0 bridgehead atoms. The topological polar surface area (TPSA) is 127 Å². The van der Waals surface area contributed by atoms with E-state index in [1.807, 2.05) is 12.1 Å². The number of amides is 2. The van der Waals surface area contributed by atoms with Gasteiger partial charge in [0, 0.05) is 22.7 Å². The Balaban J connectivity index is 1.55. The Morgan fingerprint density at radius 3 is 2.93 bits per heavy atom. The number of hydrogen-bond donors (Lipinski definition) is 3. The van der Waals surface area contributed by atoms with Crippen molar-refractivity contribution >= 4 is 22.8 Å². The van der Waals surface area contributed by atoms with Crippen molar-refractivity contribution in [2.24, 2.45) is 5.73 Å². The monoisotopic (exact) mass is 395 g/mol. The third-order valence-electron chi connectivity index (χ3n) is 5.27. The van der Waals surface area contributed by atoms with Crippen molar-refractivity contribution in [2.45, 2.75) is 31.7 Å². The Hall–Kier alpha value is -3.55. The molecule has 1 aromatic carbocycles. The van der Waals surface area contributed by atoms with Crippen LogP contribution in [0.2, 0.25) is 0 Å². The third kappa shape index (κ3) is 3.61. The van der Waals surface area contributed by atoms with Crippen molar-refractivity contribution in [3.05, 3.63) is 63.3 Å². The highest BCUT2D eigenvalue weighted by atomic mass is 16.5. The van der Waals surface area contributed by atoms with Gasteiger partial charge >= 0.3 is 0 Å². The Morgan fingerprint density at radius 1 is 1.34 bits per heavy atom. The fraction of sp³-hybridized carbons (Fsp3) is 0.286. The number of aromatic nitrogens is 1. The van der Waals surface area contributed by atoms with Gasteiger partial charge in [0.15, 0.2) is 0 Å². The van der Waals surface area contributed by atoms with Gasteiger partial charge in [-0.3, -0.25) is 14.4 Å². The van der Waals surface area contributed by atoms with Gasteiger partial charge in [0.1, 0.15) is 16.9 Å². The maximum atomic E-state index is 12.7. The molecular weight excluding hydrogens is 374 g/mol. The van der Waals surface area contributed by atoms with E-state index in [0.717, 1.165) is 28.6 Å². The number of furan rings is 1. The van der Waals surface area contributed by atoms with Gasteiger partial charge < -0.3 is 25.2 Å². The summed E-state index contributed by atoms with van der Waals surface area (Å²) >= 11 is 0. The molecule has 2 amide bonds. The predicted octanol–water partition coefficient (Wildman–Crippen LogP) is 1.96. The SMILES string of the molecule is COc1ccc2c(CC(=O)NC3CCCc4[nH]c(=O)c(C(N)=O)cc43)coc2c1. The first-order valence-electron chi connectivity index (χ1n) is 9.35. The lowest BCUT2D eigenvalue weighted by molar-refractivity contribution is -0.121. The van der Waals surface area contributed by atoms with Crippen molar-refractivity contribution in [3.63, 3.8) is 0 Å². The molecule has 0 radical (unpaired) electrons. The number of fused-ring (bicyclic) bond motifs is 2. The number of primary amides is 1. The number of aryl methyl sites for hydroxylation is 1. The molecule has 3 aromatic rings. The number of carbonyl (C=O) groups excluding carboxylic acids is 2. The summed E-state index contributed by atoms with van der Waals surface area (Å²) in [4.78, 5) is 38.9. The van der Waals surface area contributed by atoms with Gasteiger partial charge in [0.25, 0.3) is 11.5 Å². The van der Waals surface area contributed by atoms with E-state index in [4.69, 9.17) is 14.9 Å². The molecule has 1 aliphatic rings. The van der Waals surface area contributed by atoms with E-state index >= 15 is 0 Å². The number of ether oxygens (including phenoxy) is 1. The fourth-order valence-electron chi connectivity index (χ4n) is 3.82. The van der Waals surface area contributed by atoms with Gasteiger partial charge in [-0.25, -0.2) is 0 Å². The number of carbonyl (C=O) groups is 2. The molecule has 2 aromatic heterocycles. The first kappa shape index (κ1) is 18.8. The summed E-state index contributed by atoms with van der Waals surface area (Å²) in [7, 11) is 1.58. The zero-order chi connectivity index (χ0) is 20.5. The number of methoxy groups -OCH3 is 1. The lowest BCUT2D eigenvalue weighted by Crippen LogP contribution is -2.34. The lowest BCUT2D eigenvalue weighted by atomic mass is 9.90. The number of nitrogens with one attached hydrogen (secondary N) is 2. The average molecular weight is 395 g/mol. The van der Waals surface area contributed by atoms with Crippen LogP contribution in [0.1, 0.15) is 46.1 Å². The van der Waals surface area contributed by atoms with E-state index in [0.29, 0.717) is 24.2 Å². The summed E-state index contributed by atoms with van der Waals surface area (Å²) in [6.45, 7) is 0. The van der Waals surface area contributed by atoms with E-state index < -0.39 is 11.5 Å². The molecular formula is C21H21N3O5. The smallest absolute Gasteiger partial charge is 0.261 e. The Labute approximate surface area is 166 Å². The van der Waals surface area contributed by atoms with Gasteiger partial charge in [-0.1, -0.05) is 0 Å². The van der Waals surface area contributed by atoms with Crippen LogP contribution in [-0.4, -0.2) is 23.9 Å². The highest BCUT2D eigenvalue weighted by molar-refractivity contribution is 5.92. The molecule has 150 valence electrons. The number of aromatic amines is 1. The molecule has 29 heavy (non-hydrogen) atoms. The second-order valence-electron chi connectivity index (χ2n) is 7.12.